The van der Waals surface area contributed by atoms with E-state index < -0.39 is 0 Å². The molecule has 0 spiro atoms. The Balaban J connectivity index is 1.99. The van der Waals surface area contributed by atoms with Gasteiger partial charge in [-0.25, -0.2) is 4.39 Å². The van der Waals surface area contributed by atoms with Crippen LogP contribution >= 0.6 is 0 Å². The fraction of sp³-hybridized carbons (Fsp3) is 0.625. The summed E-state index contributed by atoms with van der Waals surface area (Å²) in [6.45, 7) is 6.59. The van der Waals surface area contributed by atoms with Crippen molar-refractivity contribution in [1.29, 1.82) is 0 Å². The van der Waals surface area contributed by atoms with E-state index >= 15 is 0 Å². The Morgan fingerprint density at radius 1 is 1.26 bits per heavy atom. The molecule has 0 saturated heterocycles. The van der Waals surface area contributed by atoms with Gasteiger partial charge in [-0.15, -0.1) is 0 Å². The maximum Gasteiger partial charge on any atom is 0.131 e. The molecule has 4 atom stereocenters. The smallest absolute Gasteiger partial charge is 0.131 e. The van der Waals surface area contributed by atoms with Crippen molar-refractivity contribution in [3.8, 4) is 5.75 Å². The van der Waals surface area contributed by atoms with Gasteiger partial charge in [0.25, 0.3) is 0 Å². The Morgan fingerprint density at radius 2 is 2.00 bits per heavy atom. The maximum atomic E-state index is 13.8. The van der Waals surface area contributed by atoms with E-state index in [4.69, 9.17) is 0 Å². The highest BCUT2D eigenvalue weighted by Crippen LogP contribution is 2.31. The summed E-state index contributed by atoms with van der Waals surface area (Å²) in [6.07, 6.45) is 3.56. The maximum absolute atomic E-state index is 13.8. The van der Waals surface area contributed by atoms with Gasteiger partial charge in [0, 0.05) is 23.7 Å². The molecule has 0 aliphatic heterocycles. The number of nitrogens with one attached hydrogen (secondary N) is 1. The van der Waals surface area contributed by atoms with Crippen molar-refractivity contribution in [2.45, 2.75) is 52.1 Å². The molecule has 0 radical (unpaired) electrons. The second-order valence-corrected chi connectivity index (χ2v) is 6.06. The van der Waals surface area contributed by atoms with Crippen molar-refractivity contribution in [3.05, 3.63) is 29.6 Å². The second kappa shape index (κ2) is 5.91. The molecular formula is C16H24FNO. The minimum atomic E-state index is -0.336. The average molecular weight is 265 g/mol. The van der Waals surface area contributed by atoms with Crippen LogP contribution in [-0.2, 0) is 0 Å². The van der Waals surface area contributed by atoms with Crippen LogP contribution in [0.1, 0.15) is 51.6 Å². The highest BCUT2D eigenvalue weighted by molar-refractivity contribution is 5.29. The van der Waals surface area contributed by atoms with Gasteiger partial charge in [0.1, 0.15) is 11.6 Å². The van der Waals surface area contributed by atoms with E-state index in [2.05, 4.69) is 19.2 Å². The molecule has 106 valence electrons. The van der Waals surface area contributed by atoms with Gasteiger partial charge >= 0.3 is 0 Å². The SMILES string of the molecule is CC(NC1CCC(C)C(C)C1)c1ccc(O)cc1F. The third kappa shape index (κ3) is 3.47. The van der Waals surface area contributed by atoms with Crippen LogP contribution in [0.5, 0.6) is 5.75 Å². The number of hydrogen-bond acceptors (Lipinski definition) is 2. The second-order valence-electron chi connectivity index (χ2n) is 6.06. The summed E-state index contributed by atoms with van der Waals surface area (Å²) in [6, 6.07) is 4.83. The van der Waals surface area contributed by atoms with E-state index in [0.717, 1.165) is 24.7 Å². The summed E-state index contributed by atoms with van der Waals surface area (Å²) in [7, 11) is 0. The summed E-state index contributed by atoms with van der Waals surface area (Å²) in [5.41, 5.74) is 0.629. The van der Waals surface area contributed by atoms with Crippen LogP contribution < -0.4 is 5.32 Å². The Morgan fingerprint density at radius 3 is 2.63 bits per heavy atom. The molecule has 0 bridgehead atoms. The van der Waals surface area contributed by atoms with Gasteiger partial charge < -0.3 is 10.4 Å². The first-order valence-electron chi connectivity index (χ1n) is 7.22. The molecule has 1 aliphatic carbocycles. The van der Waals surface area contributed by atoms with Crippen LogP contribution in [0.2, 0.25) is 0 Å². The lowest BCUT2D eigenvalue weighted by atomic mass is 9.79. The number of halogens is 1. The van der Waals surface area contributed by atoms with Gasteiger partial charge in [-0.05, 0) is 44.1 Å². The van der Waals surface area contributed by atoms with E-state index in [9.17, 15) is 9.50 Å². The van der Waals surface area contributed by atoms with E-state index in [1.54, 1.807) is 12.1 Å². The number of aromatic hydroxyl groups is 1. The number of hydrogen-bond donors (Lipinski definition) is 2. The average Bonchev–Trinajstić information content (AvgIpc) is 2.33. The predicted molar refractivity (Wildman–Crippen MR) is 75.6 cm³/mol. The third-order valence-electron chi connectivity index (χ3n) is 4.53. The first kappa shape index (κ1) is 14.3. The Labute approximate surface area is 115 Å². The standard InChI is InChI=1S/C16H24FNO/c1-10-4-5-13(8-11(10)2)18-12(3)15-7-6-14(19)9-16(15)17/h6-7,9-13,18-19H,4-5,8H2,1-3H3. The third-order valence-corrected chi connectivity index (χ3v) is 4.53. The van der Waals surface area contributed by atoms with Crippen LogP contribution in [0.3, 0.4) is 0 Å². The Bertz CT molecular complexity index is 435. The van der Waals surface area contributed by atoms with Gasteiger partial charge in [0.15, 0.2) is 0 Å². The topological polar surface area (TPSA) is 32.3 Å². The molecule has 2 rings (SSSR count). The lowest BCUT2D eigenvalue weighted by Gasteiger charge is -2.34. The quantitative estimate of drug-likeness (QED) is 0.865. The zero-order chi connectivity index (χ0) is 14.0. The molecule has 19 heavy (non-hydrogen) atoms. The van der Waals surface area contributed by atoms with E-state index in [0.29, 0.717) is 11.6 Å². The zero-order valence-electron chi connectivity index (χ0n) is 12.0. The highest BCUT2D eigenvalue weighted by Gasteiger charge is 2.26. The molecule has 3 heteroatoms. The van der Waals surface area contributed by atoms with Crippen molar-refractivity contribution >= 4 is 0 Å². The normalized spacial score (nSPS) is 29.2. The molecule has 4 unspecified atom stereocenters. The fourth-order valence-electron chi connectivity index (χ4n) is 3.01. The number of phenols is 1. The minimum absolute atomic E-state index is 0.0198. The molecule has 1 aromatic rings. The molecule has 2 nitrogen and oxygen atoms in total. The van der Waals surface area contributed by atoms with E-state index in [1.165, 1.54) is 12.5 Å². The van der Waals surface area contributed by atoms with Crippen molar-refractivity contribution in [1.82, 2.24) is 5.32 Å². The first-order valence-corrected chi connectivity index (χ1v) is 7.22. The molecular weight excluding hydrogens is 241 g/mol. The highest BCUT2D eigenvalue weighted by atomic mass is 19.1. The Hall–Kier alpha value is -1.09. The van der Waals surface area contributed by atoms with Gasteiger partial charge in [-0.2, -0.15) is 0 Å². The molecule has 0 amide bonds. The van der Waals surface area contributed by atoms with Crippen LogP contribution in [-0.4, -0.2) is 11.1 Å². The number of phenolic OH excluding ortho intramolecular Hbond substituents is 1. The summed E-state index contributed by atoms with van der Waals surface area (Å²) in [4.78, 5) is 0. The molecule has 1 saturated carbocycles. The summed E-state index contributed by atoms with van der Waals surface area (Å²) in [5.74, 6) is 1.16. The zero-order valence-corrected chi connectivity index (χ0v) is 12.0. The first-order chi connectivity index (χ1) is 8.97. The van der Waals surface area contributed by atoms with Gasteiger partial charge in [0.05, 0.1) is 0 Å². The summed E-state index contributed by atoms with van der Waals surface area (Å²) in [5, 5.41) is 12.8. The van der Waals surface area contributed by atoms with Gasteiger partial charge in [-0.3, -0.25) is 0 Å². The van der Waals surface area contributed by atoms with Crippen molar-refractivity contribution in [2.24, 2.45) is 11.8 Å². The lowest BCUT2D eigenvalue weighted by Crippen LogP contribution is -2.37. The molecule has 2 N–H and O–H groups in total. The number of rotatable bonds is 3. The van der Waals surface area contributed by atoms with Crippen molar-refractivity contribution in [2.75, 3.05) is 0 Å². The minimum Gasteiger partial charge on any atom is -0.508 e. The van der Waals surface area contributed by atoms with Gasteiger partial charge in [0.2, 0.25) is 0 Å². The van der Waals surface area contributed by atoms with Gasteiger partial charge in [-0.1, -0.05) is 19.9 Å². The lowest BCUT2D eigenvalue weighted by molar-refractivity contribution is 0.216. The Kier molecular flexibility index (Phi) is 4.46. The summed E-state index contributed by atoms with van der Waals surface area (Å²) < 4.78 is 13.8. The van der Waals surface area contributed by atoms with Crippen LogP contribution in [0.25, 0.3) is 0 Å². The van der Waals surface area contributed by atoms with Crippen LogP contribution in [0.15, 0.2) is 18.2 Å². The van der Waals surface area contributed by atoms with E-state index in [1.807, 2.05) is 6.92 Å². The van der Waals surface area contributed by atoms with Crippen molar-refractivity contribution < 1.29 is 9.50 Å². The van der Waals surface area contributed by atoms with Crippen LogP contribution in [0, 0.1) is 17.7 Å². The molecule has 1 fully saturated rings. The molecule has 0 heterocycles. The van der Waals surface area contributed by atoms with Crippen molar-refractivity contribution in [3.63, 3.8) is 0 Å². The monoisotopic (exact) mass is 265 g/mol. The molecule has 1 aromatic carbocycles. The predicted octanol–water partition coefficient (Wildman–Crippen LogP) is 4.01. The summed E-state index contributed by atoms with van der Waals surface area (Å²) >= 11 is 0. The molecule has 1 aliphatic rings. The number of benzene rings is 1. The van der Waals surface area contributed by atoms with E-state index in [-0.39, 0.29) is 17.6 Å². The van der Waals surface area contributed by atoms with Crippen LogP contribution in [0.4, 0.5) is 4.39 Å². The fourth-order valence-corrected chi connectivity index (χ4v) is 3.01. The largest absolute Gasteiger partial charge is 0.508 e. The molecule has 0 aromatic heterocycles.